The number of fused-ring (bicyclic) bond motifs is 1. The van der Waals surface area contributed by atoms with Crippen LogP contribution in [-0.4, -0.2) is 47.1 Å². The molecule has 0 spiro atoms. The van der Waals surface area contributed by atoms with E-state index in [0.29, 0.717) is 5.56 Å². The van der Waals surface area contributed by atoms with Gasteiger partial charge in [0.05, 0.1) is 6.10 Å². The van der Waals surface area contributed by atoms with Crippen LogP contribution in [-0.2, 0) is 20.4 Å². The van der Waals surface area contributed by atoms with E-state index in [1.54, 1.807) is 51.1 Å². The molecule has 166 valence electrons. The van der Waals surface area contributed by atoms with Crippen LogP contribution in [0.3, 0.4) is 0 Å². The molecule has 1 aromatic carbocycles. The van der Waals surface area contributed by atoms with Crippen molar-refractivity contribution in [2.75, 3.05) is 0 Å². The van der Waals surface area contributed by atoms with Gasteiger partial charge in [0.25, 0.3) is 0 Å². The lowest BCUT2D eigenvalue weighted by atomic mass is 9.91. The first-order chi connectivity index (χ1) is 14.5. The van der Waals surface area contributed by atoms with Gasteiger partial charge in [0.1, 0.15) is 17.9 Å². The Balaban J connectivity index is 1.70. The first-order valence-electron chi connectivity index (χ1n) is 9.86. The predicted molar refractivity (Wildman–Crippen MR) is 103 cm³/mol. The average Bonchev–Trinajstić information content (AvgIpc) is 3.06. The SMILES string of the molecule is C[C@H]1O[C@H](C(=O)c2ccccc2)[C@H](Oc2cccc(C(F)(F)F)n2)[C@H]2OC(C)(C)O[C@H]21. The normalized spacial score (nSPS) is 29.9. The molecule has 0 aliphatic carbocycles. The van der Waals surface area contributed by atoms with E-state index in [1.807, 2.05) is 0 Å². The number of ketones is 1. The highest BCUT2D eigenvalue weighted by molar-refractivity contribution is 6.00. The summed E-state index contributed by atoms with van der Waals surface area (Å²) in [6.45, 7) is 5.18. The van der Waals surface area contributed by atoms with Gasteiger partial charge >= 0.3 is 6.18 Å². The molecule has 2 fully saturated rings. The Hall–Kier alpha value is -2.49. The number of aromatic nitrogens is 1. The molecule has 0 bridgehead atoms. The van der Waals surface area contributed by atoms with E-state index in [4.69, 9.17) is 18.9 Å². The molecule has 2 aliphatic rings. The summed E-state index contributed by atoms with van der Waals surface area (Å²) in [6.07, 6.45) is -8.62. The van der Waals surface area contributed by atoms with Crippen molar-refractivity contribution in [3.8, 4) is 5.88 Å². The lowest BCUT2D eigenvalue weighted by Gasteiger charge is -2.40. The summed E-state index contributed by atoms with van der Waals surface area (Å²) in [5, 5.41) is 0. The lowest BCUT2D eigenvalue weighted by molar-refractivity contribution is -0.158. The Kier molecular flexibility index (Phi) is 5.53. The molecule has 3 heterocycles. The molecule has 4 rings (SSSR count). The van der Waals surface area contributed by atoms with Crippen LogP contribution in [0.4, 0.5) is 13.2 Å². The Morgan fingerprint density at radius 3 is 2.39 bits per heavy atom. The number of carbonyl (C=O) groups is 1. The number of hydrogen-bond acceptors (Lipinski definition) is 6. The van der Waals surface area contributed by atoms with Crippen molar-refractivity contribution in [3.63, 3.8) is 0 Å². The van der Waals surface area contributed by atoms with Gasteiger partial charge in [-0.25, -0.2) is 4.98 Å². The minimum Gasteiger partial charge on any atom is -0.468 e. The van der Waals surface area contributed by atoms with Crippen molar-refractivity contribution in [3.05, 3.63) is 59.8 Å². The fraction of sp³-hybridized carbons (Fsp3) is 0.455. The molecule has 0 unspecified atom stereocenters. The molecule has 0 saturated carbocycles. The van der Waals surface area contributed by atoms with Gasteiger partial charge in [0, 0.05) is 11.6 Å². The largest absolute Gasteiger partial charge is 0.468 e. The van der Waals surface area contributed by atoms with Crippen LogP contribution in [0.2, 0.25) is 0 Å². The first-order valence-corrected chi connectivity index (χ1v) is 9.86. The molecule has 0 radical (unpaired) electrons. The van der Waals surface area contributed by atoms with Gasteiger partial charge in [-0.2, -0.15) is 13.2 Å². The number of rotatable bonds is 4. The number of alkyl halides is 3. The highest BCUT2D eigenvalue weighted by Gasteiger charge is 2.57. The number of hydrogen-bond donors (Lipinski definition) is 0. The average molecular weight is 437 g/mol. The maximum atomic E-state index is 13.2. The van der Waals surface area contributed by atoms with E-state index in [1.165, 1.54) is 12.1 Å². The zero-order valence-electron chi connectivity index (χ0n) is 17.1. The number of halogens is 3. The number of carbonyl (C=O) groups excluding carboxylic acids is 1. The van der Waals surface area contributed by atoms with E-state index < -0.39 is 48.2 Å². The number of Topliss-reactive ketones (excluding diaryl/α,β-unsaturated/α-hetero) is 1. The zero-order chi connectivity index (χ0) is 22.4. The monoisotopic (exact) mass is 437 g/mol. The number of pyridine rings is 1. The van der Waals surface area contributed by atoms with Crippen molar-refractivity contribution in [2.45, 2.75) is 63.3 Å². The Morgan fingerprint density at radius 2 is 1.71 bits per heavy atom. The Bertz CT molecular complexity index is 950. The summed E-state index contributed by atoms with van der Waals surface area (Å²) < 4.78 is 63.0. The van der Waals surface area contributed by atoms with Crippen LogP contribution in [0.15, 0.2) is 48.5 Å². The molecular formula is C22H22F3NO5. The first kappa shape index (κ1) is 21.7. The third-order valence-corrected chi connectivity index (χ3v) is 5.20. The molecule has 31 heavy (non-hydrogen) atoms. The fourth-order valence-electron chi connectivity index (χ4n) is 3.88. The van der Waals surface area contributed by atoms with Gasteiger partial charge in [-0.15, -0.1) is 0 Å². The van der Waals surface area contributed by atoms with Crippen molar-refractivity contribution >= 4 is 5.78 Å². The standard InChI is InChI=1S/C22H22F3NO5/c1-12-17-20(31-21(2,3)30-17)19(18(28-12)16(27)13-8-5-4-6-9-13)29-15-11-7-10-14(26-15)22(23,24)25/h4-12,17-20H,1-3H3/t12-,17+,18-,19+,20+/m1/s1. The third kappa shape index (κ3) is 4.44. The molecular weight excluding hydrogens is 415 g/mol. The van der Waals surface area contributed by atoms with Gasteiger partial charge in [-0.1, -0.05) is 36.4 Å². The summed E-state index contributed by atoms with van der Waals surface area (Å²) in [5.41, 5.74) is -0.705. The van der Waals surface area contributed by atoms with E-state index in [9.17, 15) is 18.0 Å². The summed E-state index contributed by atoms with van der Waals surface area (Å²) in [4.78, 5) is 16.8. The van der Waals surface area contributed by atoms with Crippen molar-refractivity contribution < 1.29 is 36.9 Å². The van der Waals surface area contributed by atoms with E-state index in [2.05, 4.69) is 4.98 Å². The predicted octanol–water partition coefficient (Wildman–Crippen LogP) is 4.04. The topological polar surface area (TPSA) is 66.9 Å². The lowest BCUT2D eigenvalue weighted by Crippen LogP contribution is -2.60. The maximum Gasteiger partial charge on any atom is 0.433 e. The van der Waals surface area contributed by atoms with Crippen molar-refractivity contribution in [2.24, 2.45) is 0 Å². The quantitative estimate of drug-likeness (QED) is 0.673. The van der Waals surface area contributed by atoms with Gasteiger partial charge in [0.15, 0.2) is 23.8 Å². The highest BCUT2D eigenvalue weighted by Crippen LogP contribution is 2.39. The highest BCUT2D eigenvalue weighted by atomic mass is 19.4. The van der Waals surface area contributed by atoms with E-state index >= 15 is 0 Å². The summed E-state index contributed by atoms with van der Waals surface area (Å²) >= 11 is 0. The second-order valence-electron chi connectivity index (χ2n) is 8.00. The van der Waals surface area contributed by atoms with E-state index in [0.717, 1.165) is 6.07 Å². The smallest absolute Gasteiger partial charge is 0.433 e. The summed E-state index contributed by atoms with van der Waals surface area (Å²) in [7, 11) is 0. The van der Waals surface area contributed by atoms with Crippen LogP contribution in [0.5, 0.6) is 5.88 Å². The number of nitrogens with zero attached hydrogens (tertiary/aromatic N) is 1. The minimum absolute atomic E-state index is 0.282. The number of benzene rings is 1. The summed E-state index contributed by atoms with van der Waals surface area (Å²) in [6, 6.07) is 11.8. The molecule has 2 aliphatic heterocycles. The molecule has 2 aromatic rings. The van der Waals surface area contributed by atoms with E-state index in [-0.39, 0.29) is 11.7 Å². The van der Waals surface area contributed by atoms with Crippen molar-refractivity contribution in [1.29, 1.82) is 0 Å². The maximum absolute atomic E-state index is 13.2. The molecule has 2 saturated heterocycles. The van der Waals surface area contributed by atoms with Crippen LogP contribution in [0.1, 0.15) is 36.8 Å². The minimum atomic E-state index is -4.63. The van der Waals surface area contributed by atoms with Crippen molar-refractivity contribution in [1.82, 2.24) is 4.98 Å². The molecule has 0 amide bonds. The van der Waals surface area contributed by atoms with Gasteiger partial charge in [0.2, 0.25) is 5.88 Å². The number of ether oxygens (including phenoxy) is 4. The molecule has 0 N–H and O–H groups in total. The van der Waals surface area contributed by atoms with Gasteiger partial charge < -0.3 is 18.9 Å². The third-order valence-electron chi connectivity index (χ3n) is 5.20. The second-order valence-corrected chi connectivity index (χ2v) is 8.00. The molecule has 1 aromatic heterocycles. The van der Waals surface area contributed by atoms with Crippen LogP contribution < -0.4 is 4.74 Å². The summed E-state index contributed by atoms with van der Waals surface area (Å²) in [5.74, 6) is -1.62. The van der Waals surface area contributed by atoms with Crippen LogP contribution in [0, 0.1) is 0 Å². The second kappa shape index (κ2) is 7.89. The molecule has 5 atom stereocenters. The van der Waals surface area contributed by atoms with Crippen LogP contribution >= 0.6 is 0 Å². The van der Waals surface area contributed by atoms with Crippen LogP contribution in [0.25, 0.3) is 0 Å². The van der Waals surface area contributed by atoms with Gasteiger partial charge in [-0.05, 0) is 26.8 Å². The Morgan fingerprint density at radius 1 is 1.03 bits per heavy atom. The van der Waals surface area contributed by atoms with Gasteiger partial charge in [-0.3, -0.25) is 4.79 Å². The Labute approximate surface area is 177 Å². The molecule has 9 heteroatoms. The molecule has 6 nitrogen and oxygen atoms in total. The fourth-order valence-corrected chi connectivity index (χ4v) is 3.88. The zero-order valence-corrected chi connectivity index (χ0v) is 17.1.